The second-order valence-corrected chi connectivity index (χ2v) is 8.17. The number of sulfonamides is 1. The molecule has 2 aromatic rings. The number of rotatable bonds is 7. The van der Waals surface area contributed by atoms with Crippen molar-refractivity contribution in [2.45, 2.75) is 11.8 Å². The largest absolute Gasteiger partial charge is 0.507 e. The van der Waals surface area contributed by atoms with Crippen molar-refractivity contribution >= 4 is 21.9 Å². The van der Waals surface area contributed by atoms with E-state index >= 15 is 0 Å². The number of aliphatic imine (C=N–C) groups is 1. The summed E-state index contributed by atoms with van der Waals surface area (Å²) in [5.41, 5.74) is 0.873. The molecule has 1 aliphatic rings. The highest BCUT2D eigenvalue weighted by molar-refractivity contribution is 7.89. The fourth-order valence-electron chi connectivity index (χ4n) is 2.89. The number of benzene rings is 2. The predicted octanol–water partition coefficient (Wildman–Crippen LogP) is 2.57. The summed E-state index contributed by atoms with van der Waals surface area (Å²) in [7, 11) is -2.22. The summed E-state index contributed by atoms with van der Waals surface area (Å²) in [6.45, 7) is 3.43. The Kier molecular flexibility index (Phi) is 6.73. The summed E-state index contributed by atoms with van der Waals surface area (Å²) >= 11 is 0. The van der Waals surface area contributed by atoms with Crippen LogP contribution in [-0.2, 0) is 14.8 Å². The van der Waals surface area contributed by atoms with Gasteiger partial charge in [-0.3, -0.25) is 4.99 Å². The first-order valence-corrected chi connectivity index (χ1v) is 10.7. The number of methoxy groups -OCH3 is 1. The van der Waals surface area contributed by atoms with Gasteiger partial charge < -0.3 is 19.3 Å². The molecule has 9 heteroatoms. The van der Waals surface area contributed by atoms with Crippen LogP contribution in [0.2, 0.25) is 0 Å². The van der Waals surface area contributed by atoms with Gasteiger partial charge in [0.25, 0.3) is 0 Å². The van der Waals surface area contributed by atoms with Crippen LogP contribution in [0.3, 0.4) is 0 Å². The zero-order chi connectivity index (χ0) is 20.9. The van der Waals surface area contributed by atoms with Gasteiger partial charge in [0.2, 0.25) is 10.0 Å². The van der Waals surface area contributed by atoms with Gasteiger partial charge in [-0.2, -0.15) is 4.31 Å². The van der Waals surface area contributed by atoms with E-state index in [2.05, 4.69) is 4.99 Å². The molecule has 0 bridgehead atoms. The normalized spacial score (nSPS) is 15.5. The van der Waals surface area contributed by atoms with Crippen LogP contribution >= 0.6 is 0 Å². The Bertz CT molecular complexity index is 984. The van der Waals surface area contributed by atoms with Crippen LogP contribution in [0.4, 0.5) is 5.69 Å². The number of phenolic OH excluding ortho intramolecular Hbond substituents is 1. The van der Waals surface area contributed by atoms with E-state index in [4.69, 9.17) is 14.2 Å². The molecule has 1 N–H and O–H groups in total. The van der Waals surface area contributed by atoms with Crippen molar-refractivity contribution in [2.24, 2.45) is 4.99 Å². The van der Waals surface area contributed by atoms with Gasteiger partial charge in [-0.1, -0.05) is 0 Å². The van der Waals surface area contributed by atoms with Crippen molar-refractivity contribution in [1.82, 2.24) is 4.31 Å². The molecule has 2 aromatic carbocycles. The van der Waals surface area contributed by atoms with Crippen molar-refractivity contribution in [3.8, 4) is 17.2 Å². The smallest absolute Gasteiger partial charge is 0.246 e. The lowest BCUT2D eigenvalue weighted by Crippen LogP contribution is -2.40. The zero-order valence-electron chi connectivity index (χ0n) is 16.4. The van der Waals surface area contributed by atoms with Crippen molar-refractivity contribution in [2.75, 3.05) is 40.0 Å². The lowest BCUT2D eigenvalue weighted by atomic mass is 10.2. The van der Waals surface area contributed by atoms with Gasteiger partial charge >= 0.3 is 0 Å². The minimum Gasteiger partial charge on any atom is -0.507 e. The molecule has 0 spiro atoms. The maximum Gasteiger partial charge on any atom is 0.246 e. The Morgan fingerprint density at radius 3 is 2.66 bits per heavy atom. The molecule has 0 saturated carbocycles. The van der Waals surface area contributed by atoms with Gasteiger partial charge in [-0.15, -0.1) is 0 Å². The molecule has 0 atom stereocenters. The number of phenols is 1. The quantitative estimate of drug-likeness (QED) is 0.692. The number of aromatic hydroxyl groups is 1. The van der Waals surface area contributed by atoms with E-state index < -0.39 is 10.0 Å². The Hall–Kier alpha value is -2.62. The molecule has 0 unspecified atom stereocenters. The van der Waals surface area contributed by atoms with Crippen LogP contribution in [0.25, 0.3) is 0 Å². The van der Waals surface area contributed by atoms with Gasteiger partial charge in [0.1, 0.15) is 22.1 Å². The lowest BCUT2D eigenvalue weighted by Gasteiger charge is -2.26. The molecule has 1 aliphatic heterocycles. The molecule has 0 radical (unpaired) electrons. The van der Waals surface area contributed by atoms with Crippen molar-refractivity contribution in [1.29, 1.82) is 0 Å². The van der Waals surface area contributed by atoms with Crippen LogP contribution in [0.5, 0.6) is 17.2 Å². The Morgan fingerprint density at radius 2 is 1.97 bits per heavy atom. The molecule has 8 nitrogen and oxygen atoms in total. The summed E-state index contributed by atoms with van der Waals surface area (Å²) in [6, 6.07) is 9.51. The third kappa shape index (κ3) is 4.87. The summed E-state index contributed by atoms with van der Waals surface area (Å²) in [6.07, 6.45) is 1.46. The summed E-state index contributed by atoms with van der Waals surface area (Å²) < 4.78 is 43.6. The average Bonchev–Trinajstić information content (AvgIpc) is 2.74. The molecule has 156 valence electrons. The maximum atomic E-state index is 13.1. The van der Waals surface area contributed by atoms with Gasteiger partial charge in [0.15, 0.2) is 0 Å². The SMILES string of the molecule is CCOc1ccc(N=Cc2cc(OC)ccc2O)cc1S(=O)(=O)N1CCOCC1. The van der Waals surface area contributed by atoms with E-state index in [1.807, 2.05) is 0 Å². The van der Waals surface area contributed by atoms with E-state index in [0.29, 0.717) is 49.9 Å². The van der Waals surface area contributed by atoms with Crippen LogP contribution < -0.4 is 9.47 Å². The first-order valence-electron chi connectivity index (χ1n) is 9.21. The number of ether oxygens (including phenoxy) is 3. The highest BCUT2D eigenvalue weighted by atomic mass is 32.2. The molecular formula is C20H24N2O6S. The molecule has 0 amide bonds. The Labute approximate surface area is 170 Å². The zero-order valence-corrected chi connectivity index (χ0v) is 17.2. The van der Waals surface area contributed by atoms with E-state index in [-0.39, 0.29) is 16.4 Å². The Balaban J connectivity index is 1.96. The number of morpholine rings is 1. The van der Waals surface area contributed by atoms with Crippen LogP contribution in [0, 0.1) is 0 Å². The van der Waals surface area contributed by atoms with E-state index in [1.54, 1.807) is 31.2 Å². The van der Waals surface area contributed by atoms with Crippen LogP contribution in [0.1, 0.15) is 12.5 Å². The summed E-state index contributed by atoms with van der Waals surface area (Å²) in [4.78, 5) is 4.39. The van der Waals surface area contributed by atoms with Gasteiger partial charge in [-0.25, -0.2) is 8.42 Å². The summed E-state index contributed by atoms with van der Waals surface area (Å²) in [5.74, 6) is 0.898. The fraction of sp³-hybridized carbons (Fsp3) is 0.350. The maximum absolute atomic E-state index is 13.1. The molecule has 1 saturated heterocycles. The topological polar surface area (TPSA) is 97.7 Å². The van der Waals surface area contributed by atoms with Crippen LogP contribution in [-0.4, -0.2) is 64.1 Å². The number of nitrogens with zero attached hydrogens (tertiary/aromatic N) is 2. The minimum absolute atomic E-state index is 0.0432. The molecule has 29 heavy (non-hydrogen) atoms. The molecule has 0 aliphatic carbocycles. The lowest BCUT2D eigenvalue weighted by molar-refractivity contribution is 0.0729. The van der Waals surface area contributed by atoms with E-state index in [1.165, 1.54) is 29.8 Å². The molecule has 3 rings (SSSR count). The number of hydrogen-bond acceptors (Lipinski definition) is 7. The summed E-state index contributed by atoms with van der Waals surface area (Å²) in [5, 5.41) is 10.00. The van der Waals surface area contributed by atoms with Gasteiger partial charge in [-0.05, 0) is 43.3 Å². The second-order valence-electron chi connectivity index (χ2n) is 6.26. The first kappa shape index (κ1) is 21.1. The average molecular weight is 420 g/mol. The van der Waals surface area contributed by atoms with Crippen molar-refractivity contribution in [3.63, 3.8) is 0 Å². The van der Waals surface area contributed by atoms with E-state index in [0.717, 1.165) is 0 Å². The monoisotopic (exact) mass is 420 g/mol. The predicted molar refractivity (Wildman–Crippen MR) is 109 cm³/mol. The molecule has 1 fully saturated rings. The second kappa shape index (κ2) is 9.25. The Morgan fingerprint density at radius 1 is 1.21 bits per heavy atom. The third-order valence-corrected chi connectivity index (χ3v) is 6.32. The standard InChI is InChI=1S/C20H24N2O6S/c1-3-28-19-7-4-16(21-14-15-12-17(26-2)5-6-18(15)23)13-20(19)29(24,25)22-8-10-27-11-9-22/h4-7,12-14,23H,3,8-11H2,1-2H3. The highest BCUT2D eigenvalue weighted by Crippen LogP contribution is 2.32. The van der Waals surface area contributed by atoms with Crippen molar-refractivity contribution in [3.05, 3.63) is 42.0 Å². The molecule has 1 heterocycles. The fourth-order valence-corrected chi connectivity index (χ4v) is 4.45. The number of hydrogen-bond donors (Lipinski definition) is 1. The van der Waals surface area contributed by atoms with Crippen molar-refractivity contribution < 1.29 is 27.7 Å². The van der Waals surface area contributed by atoms with Gasteiger partial charge in [0, 0.05) is 24.9 Å². The molecular weight excluding hydrogens is 396 g/mol. The third-order valence-electron chi connectivity index (χ3n) is 4.40. The van der Waals surface area contributed by atoms with Gasteiger partial charge in [0.05, 0.1) is 32.6 Å². The van der Waals surface area contributed by atoms with Crippen LogP contribution in [0.15, 0.2) is 46.3 Å². The van der Waals surface area contributed by atoms with E-state index in [9.17, 15) is 13.5 Å². The minimum atomic E-state index is -3.75. The highest BCUT2D eigenvalue weighted by Gasteiger charge is 2.29. The first-order chi connectivity index (χ1) is 14.0. The molecule has 0 aromatic heterocycles.